The first-order valence-corrected chi connectivity index (χ1v) is 11.3. The quantitative estimate of drug-likeness (QED) is 0.320. The van der Waals surface area contributed by atoms with Crippen LogP contribution in [0.2, 0.25) is 0 Å². The number of thiophene rings is 1. The number of primary amides is 1. The van der Waals surface area contributed by atoms with Crippen LogP contribution < -0.4 is 22.1 Å². The van der Waals surface area contributed by atoms with Crippen molar-refractivity contribution in [2.75, 3.05) is 16.4 Å². The average Bonchev–Trinajstić information content (AvgIpc) is 3.18. The maximum Gasteiger partial charge on any atom is 0.323 e. The van der Waals surface area contributed by atoms with Crippen LogP contribution in [0.1, 0.15) is 23.8 Å². The minimum absolute atomic E-state index is 0.228. The van der Waals surface area contributed by atoms with E-state index in [0.717, 1.165) is 43.9 Å². The minimum atomic E-state index is -0.368. The maximum atomic E-state index is 12.4. The van der Waals surface area contributed by atoms with E-state index >= 15 is 0 Å². The molecule has 0 aliphatic heterocycles. The Morgan fingerprint density at radius 2 is 1.79 bits per heavy atom. The predicted octanol–water partition coefficient (Wildman–Crippen LogP) is 4.56. The smallest absolute Gasteiger partial charge is 0.323 e. The monoisotopic (exact) mass is 460 g/mol. The highest BCUT2D eigenvalue weighted by Crippen LogP contribution is 2.40. The molecule has 8 nitrogen and oxygen atoms in total. The molecule has 3 amide bonds. The molecule has 0 aliphatic carbocycles. The van der Waals surface area contributed by atoms with E-state index in [1.165, 1.54) is 17.7 Å². The molecule has 6 N–H and O–H groups in total. The molecule has 0 spiro atoms. The van der Waals surface area contributed by atoms with Crippen LogP contribution in [-0.2, 0) is 17.6 Å². The second-order valence-electron chi connectivity index (χ2n) is 7.52. The lowest BCUT2D eigenvalue weighted by Gasteiger charge is -2.10. The number of carbonyl (C=O) groups is 2. The molecule has 0 fully saturated rings. The number of aromatic nitrogens is 2. The third-order valence-corrected chi connectivity index (χ3v) is 6.37. The topological polar surface area (TPSA) is 136 Å². The van der Waals surface area contributed by atoms with Gasteiger partial charge in [-0.3, -0.25) is 4.79 Å². The van der Waals surface area contributed by atoms with Crippen LogP contribution in [0.3, 0.4) is 0 Å². The van der Waals surface area contributed by atoms with Gasteiger partial charge in [0.1, 0.15) is 17.0 Å². The number of carbonyl (C=O) groups excluding carboxylic acids is 2. The Bertz CT molecular complexity index is 1320. The summed E-state index contributed by atoms with van der Waals surface area (Å²) < 4.78 is 0. The van der Waals surface area contributed by atoms with Crippen LogP contribution >= 0.6 is 11.3 Å². The highest BCUT2D eigenvalue weighted by Gasteiger charge is 2.18. The molecule has 0 unspecified atom stereocenters. The Balaban J connectivity index is 1.57. The fourth-order valence-corrected chi connectivity index (χ4v) is 4.77. The molecule has 168 valence electrons. The Morgan fingerprint density at radius 3 is 2.52 bits per heavy atom. The van der Waals surface area contributed by atoms with Gasteiger partial charge in [-0.15, -0.1) is 11.3 Å². The highest BCUT2D eigenvalue weighted by molar-refractivity contribution is 7.19. The van der Waals surface area contributed by atoms with Crippen LogP contribution in [0.15, 0.2) is 54.9 Å². The molecule has 0 bridgehead atoms. The predicted molar refractivity (Wildman–Crippen MR) is 133 cm³/mol. The Kier molecular flexibility index (Phi) is 6.50. The van der Waals surface area contributed by atoms with Crippen LogP contribution in [0.5, 0.6) is 0 Å². The third kappa shape index (κ3) is 5.09. The van der Waals surface area contributed by atoms with Gasteiger partial charge in [0.25, 0.3) is 0 Å². The van der Waals surface area contributed by atoms with Gasteiger partial charge in [-0.2, -0.15) is 0 Å². The van der Waals surface area contributed by atoms with Crippen LogP contribution in [0, 0.1) is 0 Å². The first-order valence-electron chi connectivity index (χ1n) is 10.5. The Morgan fingerprint density at radius 1 is 1.03 bits per heavy atom. The molecule has 0 aliphatic rings. The molecular weight excluding hydrogens is 436 g/mol. The summed E-state index contributed by atoms with van der Waals surface area (Å²) in [5.74, 6) is 0.0139. The first kappa shape index (κ1) is 22.2. The van der Waals surface area contributed by atoms with Gasteiger partial charge in [0.05, 0.1) is 5.39 Å². The van der Waals surface area contributed by atoms with E-state index in [9.17, 15) is 9.59 Å². The van der Waals surface area contributed by atoms with Gasteiger partial charge in [-0.05, 0) is 48.2 Å². The second-order valence-corrected chi connectivity index (χ2v) is 8.60. The SMILES string of the molecule is CCc1cccc(NC(=O)Nc2ccc(-c3c(CCC(N)=O)sc4ncnc(N)c34)cc2)c1. The summed E-state index contributed by atoms with van der Waals surface area (Å²) >= 11 is 1.48. The largest absolute Gasteiger partial charge is 0.383 e. The average molecular weight is 461 g/mol. The summed E-state index contributed by atoms with van der Waals surface area (Å²) in [4.78, 5) is 33.9. The van der Waals surface area contributed by atoms with Crippen molar-refractivity contribution < 1.29 is 9.59 Å². The van der Waals surface area contributed by atoms with Gasteiger partial charge < -0.3 is 22.1 Å². The van der Waals surface area contributed by atoms with Crippen molar-refractivity contribution in [3.8, 4) is 11.1 Å². The number of rotatable bonds is 7. The lowest BCUT2D eigenvalue weighted by molar-refractivity contribution is -0.117. The number of nitrogens with two attached hydrogens (primary N) is 2. The molecule has 0 radical (unpaired) electrons. The van der Waals surface area contributed by atoms with E-state index in [1.807, 2.05) is 48.5 Å². The molecule has 9 heteroatoms. The summed E-state index contributed by atoms with van der Waals surface area (Å²) in [6.07, 6.45) is 3.04. The second kappa shape index (κ2) is 9.66. The first-order chi connectivity index (χ1) is 15.9. The van der Waals surface area contributed by atoms with Crippen LogP contribution in [-0.4, -0.2) is 21.9 Å². The van der Waals surface area contributed by atoms with E-state index in [4.69, 9.17) is 11.5 Å². The molecule has 0 saturated carbocycles. The van der Waals surface area contributed by atoms with Crippen molar-refractivity contribution in [3.05, 3.63) is 65.3 Å². The van der Waals surface area contributed by atoms with E-state index in [1.54, 1.807) is 0 Å². The number of hydrogen-bond acceptors (Lipinski definition) is 6. The van der Waals surface area contributed by atoms with Crippen molar-refractivity contribution in [3.63, 3.8) is 0 Å². The molecule has 2 aromatic heterocycles. The number of urea groups is 1. The number of hydrogen-bond donors (Lipinski definition) is 4. The summed E-state index contributed by atoms with van der Waals surface area (Å²) in [6, 6.07) is 14.8. The summed E-state index contributed by atoms with van der Waals surface area (Å²) in [6.45, 7) is 2.07. The van der Waals surface area contributed by atoms with Gasteiger partial charge in [0.2, 0.25) is 5.91 Å². The van der Waals surface area contributed by atoms with Crippen molar-refractivity contribution in [2.24, 2.45) is 5.73 Å². The van der Waals surface area contributed by atoms with Gasteiger partial charge in [-0.25, -0.2) is 14.8 Å². The number of nitrogen functional groups attached to an aromatic ring is 1. The third-order valence-electron chi connectivity index (χ3n) is 5.21. The minimum Gasteiger partial charge on any atom is -0.383 e. The van der Waals surface area contributed by atoms with Gasteiger partial charge in [-0.1, -0.05) is 31.2 Å². The lowest BCUT2D eigenvalue weighted by atomic mass is 10.0. The van der Waals surface area contributed by atoms with E-state index < -0.39 is 0 Å². The summed E-state index contributed by atoms with van der Waals surface area (Å²) in [7, 11) is 0. The molecule has 0 atom stereocenters. The summed E-state index contributed by atoms with van der Waals surface area (Å²) in [5, 5.41) is 6.46. The highest BCUT2D eigenvalue weighted by atomic mass is 32.1. The van der Waals surface area contributed by atoms with E-state index in [-0.39, 0.29) is 18.4 Å². The zero-order chi connectivity index (χ0) is 23.4. The fraction of sp³-hybridized carbons (Fsp3) is 0.167. The molecule has 2 aromatic carbocycles. The normalized spacial score (nSPS) is 10.8. The van der Waals surface area contributed by atoms with Crippen molar-refractivity contribution in [2.45, 2.75) is 26.2 Å². The number of nitrogens with one attached hydrogen (secondary N) is 2. The van der Waals surface area contributed by atoms with Crippen molar-refractivity contribution in [1.82, 2.24) is 9.97 Å². The Labute approximate surface area is 195 Å². The van der Waals surface area contributed by atoms with Crippen LogP contribution in [0.25, 0.3) is 21.3 Å². The zero-order valence-electron chi connectivity index (χ0n) is 18.1. The number of nitrogens with zero attached hydrogens (tertiary/aromatic N) is 2. The molecule has 4 aromatic rings. The number of fused-ring (bicyclic) bond motifs is 1. The molecule has 33 heavy (non-hydrogen) atoms. The zero-order valence-corrected chi connectivity index (χ0v) is 18.9. The lowest BCUT2D eigenvalue weighted by Crippen LogP contribution is -2.19. The molecular formula is C24H24N6O2S. The standard InChI is InChI=1S/C24H24N6O2S/c1-2-14-4-3-5-17(12-14)30-24(32)29-16-8-6-15(7-9-16)20-18(10-11-19(25)31)33-23-21(20)22(26)27-13-28-23/h3-9,12-13H,2,10-11H2,1H3,(H2,25,31)(H2,26,27,28)(H2,29,30,32). The van der Waals surface area contributed by atoms with E-state index in [2.05, 4.69) is 27.5 Å². The van der Waals surface area contributed by atoms with Crippen LogP contribution in [0.4, 0.5) is 22.0 Å². The number of anilines is 3. The maximum absolute atomic E-state index is 12.4. The van der Waals surface area contributed by atoms with Gasteiger partial charge >= 0.3 is 6.03 Å². The van der Waals surface area contributed by atoms with Crippen molar-refractivity contribution in [1.29, 1.82) is 0 Å². The number of aryl methyl sites for hydroxylation is 2. The number of benzene rings is 2. The van der Waals surface area contributed by atoms with Gasteiger partial charge in [0.15, 0.2) is 0 Å². The fourth-order valence-electron chi connectivity index (χ4n) is 3.60. The van der Waals surface area contributed by atoms with Crippen molar-refractivity contribution >= 4 is 50.7 Å². The number of amides is 3. The van der Waals surface area contributed by atoms with E-state index in [0.29, 0.717) is 17.9 Å². The molecule has 2 heterocycles. The van der Waals surface area contributed by atoms with Gasteiger partial charge in [0, 0.05) is 28.2 Å². The molecule has 0 saturated heterocycles. The summed E-state index contributed by atoms with van der Waals surface area (Å²) in [5.41, 5.74) is 15.8. The molecule has 4 rings (SSSR count). The Hall–Kier alpha value is -3.98.